The highest BCUT2D eigenvalue weighted by molar-refractivity contribution is 7.89. The van der Waals surface area contributed by atoms with Crippen LogP contribution in [-0.4, -0.2) is 24.7 Å². The average molecular weight is 466 g/mol. The molecule has 0 saturated carbocycles. The molecule has 3 aromatic carbocycles. The zero-order valence-corrected chi connectivity index (χ0v) is 18.2. The number of ether oxygens (including phenoxy) is 1. The highest BCUT2D eigenvalue weighted by Crippen LogP contribution is 2.22. The summed E-state index contributed by atoms with van der Waals surface area (Å²) in [6, 6.07) is 23.8. The number of aromatic nitrogens is 2. The van der Waals surface area contributed by atoms with E-state index in [4.69, 9.17) is 4.74 Å². The third-order valence-electron chi connectivity index (χ3n) is 4.74. The first kappa shape index (κ1) is 22.4. The summed E-state index contributed by atoms with van der Waals surface area (Å²) in [4.78, 5) is 12.2. The van der Waals surface area contributed by atoms with Gasteiger partial charge in [0, 0.05) is 18.2 Å². The highest BCUT2D eigenvalue weighted by atomic mass is 32.2. The Labute approximate surface area is 190 Å². The number of benzene rings is 3. The van der Waals surface area contributed by atoms with Crippen LogP contribution in [0.25, 0.3) is 11.3 Å². The zero-order valence-electron chi connectivity index (χ0n) is 17.4. The molecule has 4 aromatic rings. The number of sulfonamides is 1. The van der Waals surface area contributed by atoms with Crippen LogP contribution >= 0.6 is 0 Å². The van der Waals surface area contributed by atoms with Crippen molar-refractivity contribution in [3.63, 3.8) is 0 Å². The largest absolute Gasteiger partial charge is 0.457 e. The predicted octanol–water partition coefficient (Wildman–Crippen LogP) is 3.82. The van der Waals surface area contributed by atoms with Crippen LogP contribution in [0.1, 0.15) is 0 Å². The van der Waals surface area contributed by atoms with E-state index >= 15 is 0 Å². The molecule has 0 aliphatic heterocycles. The second-order valence-corrected chi connectivity index (χ2v) is 8.84. The Kier molecular flexibility index (Phi) is 6.62. The maximum Gasteiger partial charge on any atom is 0.266 e. The van der Waals surface area contributed by atoms with Crippen molar-refractivity contribution < 1.29 is 17.5 Å². The summed E-state index contributed by atoms with van der Waals surface area (Å²) >= 11 is 0. The summed E-state index contributed by atoms with van der Waals surface area (Å²) in [6.45, 7) is -0.00726. The van der Waals surface area contributed by atoms with Crippen LogP contribution in [0.3, 0.4) is 0 Å². The Morgan fingerprint density at radius 3 is 2.21 bits per heavy atom. The fourth-order valence-corrected chi connectivity index (χ4v) is 4.09. The molecule has 9 heteroatoms. The third kappa shape index (κ3) is 5.71. The molecule has 0 amide bonds. The van der Waals surface area contributed by atoms with Crippen molar-refractivity contribution in [2.75, 3.05) is 6.54 Å². The second-order valence-electron chi connectivity index (χ2n) is 7.07. The van der Waals surface area contributed by atoms with Crippen LogP contribution in [0.2, 0.25) is 0 Å². The molecule has 0 aliphatic carbocycles. The van der Waals surface area contributed by atoms with Gasteiger partial charge in [-0.3, -0.25) is 4.79 Å². The van der Waals surface area contributed by atoms with E-state index < -0.39 is 10.0 Å². The average Bonchev–Trinajstić information content (AvgIpc) is 2.82. The van der Waals surface area contributed by atoms with Gasteiger partial charge in [0.15, 0.2) is 0 Å². The highest BCUT2D eigenvalue weighted by Gasteiger charge is 2.14. The van der Waals surface area contributed by atoms with Crippen molar-refractivity contribution in [3.05, 3.63) is 107 Å². The van der Waals surface area contributed by atoms with Crippen molar-refractivity contribution in [1.29, 1.82) is 0 Å². The van der Waals surface area contributed by atoms with Crippen molar-refractivity contribution in [2.45, 2.75) is 11.4 Å². The minimum absolute atomic E-state index is 0.0301. The van der Waals surface area contributed by atoms with Crippen LogP contribution in [0.4, 0.5) is 4.39 Å². The van der Waals surface area contributed by atoms with E-state index in [2.05, 4.69) is 9.82 Å². The van der Waals surface area contributed by atoms with Gasteiger partial charge in [0.2, 0.25) is 10.0 Å². The summed E-state index contributed by atoms with van der Waals surface area (Å²) < 4.78 is 47.6. The second kappa shape index (κ2) is 9.76. The maximum atomic E-state index is 13.1. The van der Waals surface area contributed by atoms with Gasteiger partial charge in [0.05, 0.1) is 17.1 Å². The van der Waals surface area contributed by atoms with E-state index in [0.717, 1.165) is 4.68 Å². The van der Waals surface area contributed by atoms with E-state index in [1.54, 1.807) is 36.4 Å². The van der Waals surface area contributed by atoms with Gasteiger partial charge in [-0.1, -0.05) is 18.2 Å². The Morgan fingerprint density at radius 1 is 0.848 bits per heavy atom. The molecule has 7 nitrogen and oxygen atoms in total. The van der Waals surface area contributed by atoms with E-state index in [1.807, 2.05) is 18.2 Å². The van der Waals surface area contributed by atoms with Crippen molar-refractivity contribution in [2.24, 2.45) is 0 Å². The van der Waals surface area contributed by atoms with Crippen molar-refractivity contribution in [3.8, 4) is 22.8 Å². The number of nitrogens with one attached hydrogen (secondary N) is 1. The minimum atomic E-state index is -3.79. The normalized spacial score (nSPS) is 11.3. The van der Waals surface area contributed by atoms with Gasteiger partial charge in [-0.15, -0.1) is 0 Å². The third-order valence-corrected chi connectivity index (χ3v) is 6.21. The standard InChI is InChI=1S/C24H20FN3O4S/c25-19-8-6-18(7-9-19)23-14-15-24(29)28(27-23)17-16-26-33(30,31)22-12-10-21(11-13-22)32-20-4-2-1-3-5-20/h1-15,26H,16-17H2. The molecule has 0 atom stereocenters. The predicted molar refractivity (Wildman–Crippen MR) is 122 cm³/mol. The molecule has 168 valence electrons. The Balaban J connectivity index is 1.40. The van der Waals surface area contributed by atoms with E-state index in [0.29, 0.717) is 22.8 Å². The van der Waals surface area contributed by atoms with Crippen LogP contribution < -0.4 is 15.0 Å². The minimum Gasteiger partial charge on any atom is -0.457 e. The molecule has 1 heterocycles. The van der Waals surface area contributed by atoms with Crippen molar-refractivity contribution >= 4 is 10.0 Å². The molecular weight excluding hydrogens is 445 g/mol. The summed E-state index contributed by atoms with van der Waals surface area (Å²) in [7, 11) is -3.79. The molecule has 0 saturated heterocycles. The molecule has 1 aromatic heterocycles. The SMILES string of the molecule is O=c1ccc(-c2ccc(F)cc2)nn1CCNS(=O)(=O)c1ccc(Oc2ccccc2)cc1. The lowest BCUT2D eigenvalue weighted by molar-refractivity contribution is 0.482. The topological polar surface area (TPSA) is 90.3 Å². The lowest BCUT2D eigenvalue weighted by Crippen LogP contribution is -2.32. The lowest BCUT2D eigenvalue weighted by atomic mass is 10.1. The number of halogens is 1. The molecule has 0 radical (unpaired) electrons. The van der Waals surface area contributed by atoms with E-state index in [9.17, 15) is 17.6 Å². The summed E-state index contributed by atoms with van der Waals surface area (Å²) in [5.74, 6) is 0.779. The maximum absolute atomic E-state index is 13.1. The number of para-hydroxylation sites is 1. The fourth-order valence-electron chi connectivity index (χ4n) is 3.06. The number of hydrogen-bond donors (Lipinski definition) is 1. The quantitative estimate of drug-likeness (QED) is 0.427. The molecule has 0 fully saturated rings. The number of rotatable bonds is 8. The van der Waals surface area contributed by atoms with Crippen molar-refractivity contribution in [1.82, 2.24) is 14.5 Å². The van der Waals surface area contributed by atoms with Crippen LogP contribution in [0.15, 0.2) is 101 Å². The summed E-state index contributed by atoms with van der Waals surface area (Å²) in [5.41, 5.74) is 0.748. The first-order valence-electron chi connectivity index (χ1n) is 10.1. The van der Waals surface area contributed by atoms with Crippen LogP contribution in [0.5, 0.6) is 11.5 Å². The van der Waals surface area contributed by atoms with E-state index in [1.165, 1.54) is 36.4 Å². The Bertz CT molecular complexity index is 1390. The van der Waals surface area contributed by atoms with Gasteiger partial charge in [-0.05, 0) is 66.7 Å². The summed E-state index contributed by atoms with van der Waals surface area (Å²) in [5, 5.41) is 4.25. The van der Waals surface area contributed by atoms with Gasteiger partial charge in [0.25, 0.3) is 5.56 Å². The van der Waals surface area contributed by atoms with E-state index in [-0.39, 0.29) is 29.4 Å². The molecule has 33 heavy (non-hydrogen) atoms. The van der Waals surface area contributed by atoms with Gasteiger partial charge < -0.3 is 4.74 Å². The van der Waals surface area contributed by atoms with Gasteiger partial charge in [-0.2, -0.15) is 5.10 Å². The smallest absolute Gasteiger partial charge is 0.266 e. The monoisotopic (exact) mass is 465 g/mol. The molecule has 0 unspecified atom stereocenters. The first-order chi connectivity index (χ1) is 15.9. The zero-order chi connectivity index (χ0) is 23.3. The summed E-state index contributed by atoms with van der Waals surface area (Å²) in [6.07, 6.45) is 0. The van der Waals surface area contributed by atoms with Gasteiger partial charge in [0.1, 0.15) is 17.3 Å². The fraction of sp³-hybridized carbons (Fsp3) is 0.0833. The lowest BCUT2D eigenvalue weighted by Gasteiger charge is -2.10. The molecule has 1 N–H and O–H groups in total. The van der Waals surface area contributed by atoms with Gasteiger partial charge in [-0.25, -0.2) is 22.2 Å². The van der Waals surface area contributed by atoms with Crippen LogP contribution in [-0.2, 0) is 16.6 Å². The number of hydrogen-bond acceptors (Lipinski definition) is 5. The Hall–Kier alpha value is -3.82. The van der Waals surface area contributed by atoms with Crippen LogP contribution in [0, 0.1) is 5.82 Å². The molecule has 0 spiro atoms. The molecule has 0 aliphatic rings. The number of nitrogens with zero attached hydrogens (tertiary/aromatic N) is 2. The Morgan fingerprint density at radius 2 is 1.52 bits per heavy atom. The van der Waals surface area contributed by atoms with Gasteiger partial charge >= 0.3 is 0 Å². The molecule has 4 rings (SSSR count). The first-order valence-corrected chi connectivity index (χ1v) is 11.6. The molecule has 0 bridgehead atoms. The molecular formula is C24H20FN3O4S.